The molecule has 0 heterocycles. The first-order chi connectivity index (χ1) is 8.47. The molecule has 4 nitrogen and oxygen atoms in total. The van der Waals surface area contributed by atoms with Crippen LogP contribution < -0.4 is 0 Å². The molecule has 1 aromatic carbocycles. The van der Waals surface area contributed by atoms with Crippen molar-refractivity contribution in [1.29, 1.82) is 0 Å². The van der Waals surface area contributed by atoms with Crippen LogP contribution in [0.4, 0.5) is 4.39 Å². The first-order valence-corrected chi connectivity index (χ1v) is 5.87. The first kappa shape index (κ1) is 14.4. The summed E-state index contributed by atoms with van der Waals surface area (Å²) >= 11 is 0. The smallest absolute Gasteiger partial charge is 0.257 e. The van der Waals surface area contributed by atoms with E-state index in [2.05, 4.69) is 0 Å². The second kappa shape index (κ2) is 6.35. The molecular formula is C13H18FNO3. The Kier molecular flexibility index (Phi) is 5.09. The van der Waals surface area contributed by atoms with E-state index in [0.717, 1.165) is 18.2 Å². The minimum atomic E-state index is -0.568. The Morgan fingerprint density at radius 2 is 2.11 bits per heavy atom. The van der Waals surface area contributed by atoms with Crippen LogP contribution in [0.1, 0.15) is 30.6 Å². The highest BCUT2D eigenvalue weighted by Crippen LogP contribution is 2.20. The number of phenolic OH excluding ortho intramolecular Hbond substituents is 1. The predicted molar refractivity (Wildman–Crippen MR) is 65.9 cm³/mol. The molecule has 0 bridgehead atoms. The minimum Gasteiger partial charge on any atom is -0.507 e. The van der Waals surface area contributed by atoms with Gasteiger partial charge in [-0.05, 0) is 38.5 Å². The lowest BCUT2D eigenvalue weighted by atomic mass is 10.1. The van der Waals surface area contributed by atoms with Crippen LogP contribution >= 0.6 is 0 Å². The van der Waals surface area contributed by atoms with Gasteiger partial charge in [-0.2, -0.15) is 0 Å². The van der Waals surface area contributed by atoms with Gasteiger partial charge in [-0.15, -0.1) is 0 Å². The lowest BCUT2D eigenvalue weighted by molar-refractivity contribution is 0.0689. The van der Waals surface area contributed by atoms with Crippen molar-refractivity contribution in [2.45, 2.75) is 26.3 Å². The van der Waals surface area contributed by atoms with Gasteiger partial charge in [0, 0.05) is 19.2 Å². The van der Waals surface area contributed by atoms with Crippen LogP contribution in [0.2, 0.25) is 0 Å². The van der Waals surface area contributed by atoms with E-state index in [1.165, 1.54) is 4.90 Å². The summed E-state index contributed by atoms with van der Waals surface area (Å²) in [4.78, 5) is 13.7. The Morgan fingerprint density at radius 3 is 2.67 bits per heavy atom. The highest BCUT2D eigenvalue weighted by molar-refractivity contribution is 5.97. The van der Waals surface area contributed by atoms with Crippen LogP contribution in [0.15, 0.2) is 18.2 Å². The molecule has 0 aromatic heterocycles. The monoisotopic (exact) mass is 255 g/mol. The molecule has 5 heteroatoms. The molecule has 0 aliphatic rings. The second-order valence-corrected chi connectivity index (χ2v) is 4.33. The molecule has 0 atom stereocenters. The molecule has 1 amide bonds. The van der Waals surface area contributed by atoms with Crippen molar-refractivity contribution in [3.63, 3.8) is 0 Å². The van der Waals surface area contributed by atoms with Gasteiger partial charge in [-0.25, -0.2) is 4.39 Å². The maximum Gasteiger partial charge on any atom is 0.257 e. The Hall–Kier alpha value is -1.62. The van der Waals surface area contributed by atoms with E-state index in [1.807, 2.05) is 13.8 Å². The molecule has 0 aliphatic heterocycles. The van der Waals surface area contributed by atoms with Crippen molar-refractivity contribution in [2.24, 2.45) is 0 Å². The van der Waals surface area contributed by atoms with E-state index in [9.17, 15) is 14.3 Å². The number of halogens is 1. The molecule has 0 fully saturated rings. The molecular weight excluding hydrogens is 237 g/mol. The number of hydrogen-bond acceptors (Lipinski definition) is 3. The fourth-order valence-corrected chi connectivity index (χ4v) is 1.67. The average Bonchev–Trinajstić information content (AvgIpc) is 2.32. The molecule has 0 radical (unpaired) electrons. The molecule has 1 rings (SSSR count). The molecule has 1 aromatic rings. The average molecular weight is 255 g/mol. The summed E-state index contributed by atoms with van der Waals surface area (Å²) in [5.41, 5.74) is -0.0540. The Labute approximate surface area is 106 Å². The summed E-state index contributed by atoms with van der Waals surface area (Å²) in [6, 6.07) is 3.19. The van der Waals surface area contributed by atoms with E-state index in [1.54, 1.807) is 0 Å². The number of phenols is 1. The molecule has 0 spiro atoms. The van der Waals surface area contributed by atoms with Crippen LogP contribution in [-0.4, -0.2) is 40.2 Å². The van der Waals surface area contributed by atoms with E-state index in [0.29, 0.717) is 13.0 Å². The normalized spacial score (nSPS) is 10.7. The SMILES string of the molecule is CC(C)N(CCCO)C(=O)c1cc(F)ccc1O. The van der Waals surface area contributed by atoms with E-state index in [4.69, 9.17) is 5.11 Å². The maximum absolute atomic E-state index is 13.1. The Morgan fingerprint density at radius 1 is 1.44 bits per heavy atom. The highest BCUT2D eigenvalue weighted by atomic mass is 19.1. The van der Waals surface area contributed by atoms with Crippen LogP contribution in [0.3, 0.4) is 0 Å². The number of aliphatic hydroxyl groups is 1. The molecule has 100 valence electrons. The third-order valence-electron chi connectivity index (χ3n) is 2.63. The van der Waals surface area contributed by atoms with Gasteiger partial charge < -0.3 is 15.1 Å². The Bertz CT molecular complexity index is 421. The zero-order valence-electron chi connectivity index (χ0n) is 10.6. The molecule has 0 aliphatic carbocycles. The van der Waals surface area contributed by atoms with Gasteiger partial charge in [0.25, 0.3) is 5.91 Å². The number of hydrogen-bond donors (Lipinski definition) is 2. The first-order valence-electron chi connectivity index (χ1n) is 5.87. The second-order valence-electron chi connectivity index (χ2n) is 4.33. The zero-order chi connectivity index (χ0) is 13.7. The summed E-state index contributed by atoms with van der Waals surface area (Å²) in [6.07, 6.45) is 0.444. The molecule has 0 saturated carbocycles. The van der Waals surface area contributed by atoms with Crippen molar-refractivity contribution in [3.8, 4) is 5.75 Å². The number of aromatic hydroxyl groups is 1. The molecule has 2 N–H and O–H groups in total. The Balaban J connectivity index is 2.98. The summed E-state index contributed by atoms with van der Waals surface area (Å²) in [6.45, 7) is 3.99. The van der Waals surface area contributed by atoms with Gasteiger partial charge >= 0.3 is 0 Å². The summed E-state index contributed by atoms with van der Waals surface area (Å²) in [7, 11) is 0. The van der Waals surface area contributed by atoms with E-state index >= 15 is 0 Å². The van der Waals surface area contributed by atoms with Crippen LogP contribution in [-0.2, 0) is 0 Å². The van der Waals surface area contributed by atoms with Gasteiger partial charge in [0.15, 0.2) is 0 Å². The van der Waals surface area contributed by atoms with Crippen molar-refractivity contribution < 1.29 is 19.4 Å². The van der Waals surface area contributed by atoms with Gasteiger partial charge in [-0.3, -0.25) is 4.79 Å². The number of rotatable bonds is 5. The van der Waals surface area contributed by atoms with Crippen molar-refractivity contribution in [3.05, 3.63) is 29.6 Å². The van der Waals surface area contributed by atoms with Crippen molar-refractivity contribution >= 4 is 5.91 Å². The lowest BCUT2D eigenvalue weighted by Crippen LogP contribution is -2.38. The summed E-state index contributed by atoms with van der Waals surface area (Å²) in [5, 5.41) is 18.4. The topological polar surface area (TPSA) is 60.8 Å². The number of benzene rings is 1. The molecule has 18 heavy (non-hydrogen) atoms. The van der Waals surface area contributed by atoms with Gasteiger partial charge in [0.1, 0.15) is 11.6 Å². The van der Waals surface area contributed by atoms with E-state index < -0.39 is 11.7 Å². The largest absolute Gasteiger partial charge is 0.507 e. The van der Waals surface area contributed by atoms with Gasteiger partial charge in [0.05, 0.1) is 5.56 Å². The fourth-order valence-electron chi connectivity index (χ4n) is 1.67. The third-order valence-corrected chi connectivity index (χ3v) is 2.63. The van der Waals surface area contributed by atoms with Crippen LogP contribution in [0.25, 0.3) is 0 Å². The number of aliphatic hydroxyl groups excluding tert-OH is 1. The zero-order valence-corrected chi connectivity index (χ0v) is 10.6. The number of amides is 1. The fraction of sp³-hybridized carbons (Fsp3) is 0.462. The standard InChI is InChI=1S/C13H18FNO3/c1-9(2)15(6-3-7-16)13(18)11-8-10(14)4-5-12(11)17/h4-5,8-9,16-17H,3,6-7H2,1-2H3. The van der Waals surface area contributed by atoms with Crippen LogP contribution in [0.5, 0.6) is 5.75 Å². The van der Waals surface area contributed by atoms with Gasteiger partial charge in [0.2, 0.25) is 0 Å². The quantitative estimate of drug-likeness (QED) is 0.843. The predicted octanol–water partition coefficient (Wildman–Crippen LogP) is 1.76. The third kappa shape index (κ3) is 3.43. The van der Waals surface area contributed by atoms with Crippen LogP contribution in [0, 0.1) is 5.82 Å². The molecule has 0 unspecified atom stereocenters. The highest BCUT2D eigenvalue weighted by Gasteiger charge is 2.21. The molecule has 0 saturated heterocycles. The number of carbonyl (C=O) groups is 1. The number of nitrogens with zero attached hydrogens (tertiary/aromatic N) is 1. The van der Waals surface area contributed by atoms with Gasteiger partial charge in [-0.1, -0.05) is 0 Å². The lowest BCUT2D eigenvalue weighted by Gasteiger charge is -2.26. The van der Waals surface area contributed by atoms with Crippen molar-refractivity contribution in [2.75, 3.05) is 13.2 Å². The summed E-state index contributed by atoms with van der Waals surface area (Å²) in [5.74, 6) is -1.24. The maximum atomic E-state index is 13.1. The van der Waals surface area contributed by atoms with Crippen molar-refractivity contribution in [1.82, 2.24) is 4.90 Å². The number of carbonyl (C=O) groups excluding carboxylic acids is 1. The van der Waals surface area contributed by atoms with E-state index in [-0.39, 0.29) is 24.0 Å². The minimum absolute atomic E-state index is 0.0222. The summed E-state index contributed by atoms with van der Waals surface area (Å²) < 4.78 is 13.1.